The Hall–Kier alpha value is -2.34. The number of esters is 1. The van der Waals surface area contributed by atoms with Gasteiger partial charge in [0.15, 0.2) is 6.61 Å². The highest BCUT2D eigenvalue weighted by Gasteiger charge is 2.36. The van der Waals surface area contributed by atoms with E-state index in [1.54, 1.807) is 31.2 Å². The minimum absolute atomic E-state index is 0.122. The summed E-state index contributed by atoms with van der Waals surface area (Å²) in [5.41, 5.74) is 1.13. The molecule has 0 spiro atoms. The number of halogens is 1. The number of carbonyl (C=O) groups is 2. The van der Waals surface area contributed by atoms with E-state index in [1.165, 1.54) is 19.3 Å². The summed E-state index contributed by atoms with van der Waals surface area (Å²) in [5.74, 6) is 0.180. The van der Waals surface area contributed by atoms with Gasteiger partial charge in [0, 0.05) is 18.2 Å². The number of aryl methyl sites for hydroxylation is 1. The van der Waals surface area contributed by atoms with E-state index < -0.39 is 5.97 Å². The highest BCUT2D eigenvalue weighted by Crippen LogP contribution is 2.35. The molecule has 6 nitrogen and oxygen atoms in total. The first-order valence-corrected chi connectivity index (χ1v) is 10.6. The van der Waals surface area contributed by atoms with Gasteiger partial charge in [-0.1, -0.05) is 47.8 Å². The SMILES string of the molecule is Cc1onc(-c2ccccc2Cl)c1C(=O)OCC(=O)N1CCC[C@@H]2CCCC[C@@H]21. The van der Waals surface area contributed by atoms with Crippen molar-refractivity contribution in [1.82, 2.24) is 10.1 Å². The van der Waals surface area contributed by atoms with E-state index in [0.29, 0.717) is 34.0 Å². The van der Waals surface area contributed by atoms with Crippen molar-refractivity contribution < 1.29 is 18.8 Å². The van der Waals surface area contributed by atoms with Gasteiger partial charge in [0.05, 0.1) is 5.02 Å². The molecule has 1 aliphatic heterocycles. The lowest BCUT2D eigenvalue weighted by Gasteiger charge is -2.44. The van der Waals surface area contributed by atoms with Crippen LogP contribution in [0.5, 0.6) is 0 Å². The number of amides is 1. The highest BCUT2D eigenvalue weighted by atomic mass is 35.5. The maximum absolute atomic E-state index is 12.8. The second-order valence-electron chi connectivity index (χ2n) is 7.86. The summed E-state index contributed by atoms with van der Waals surface area (Å²) in [7, 11) is 0. The quantitative estimate of drug-likeness (QED) is 0.679. The maximum Gasteiger partial charge on any atom is 0.344 e. The Bertz CT molecular complexity index is 908. The predicted molar refractivity (Wildman–Crippen MR) is 109 cm³/mol. The molecular formula is C22H25ClN2O4. The first-order chi connectivity index (χ1) is 14.1. The van der Waals surface area contributed by atoms with Crippen LogP contribution in [0, 0.1) is 12.8 Å². The molecule has 0 radical (unpaired) electrons. The van der Waals surface area contributed by atoms with Crippen molar-refractivity contribution in [2.24, 2.45) is 5.92 Å². The van der Waals surface area contributed by atoms with Crippen molar-refractivity contribution in [2.75, 3.05) is 13.2 Å². The molecule has 2 fully saturated rings. The van der Waals surface area contributed by atoms with Gasteiger partial charge >= 0.3 is 5.97 Å². The van der Waals surface area contributed by atoms with Gasteiger partial charge in [-0.25, -0.2) is 4.79 Å². The molecule has 1 saturated heterocycles. The second-order valence-corrected chi connectivity index (χ2v) is 8.27. The van der Waals surface area contributed by atoms with Gasteiger partial charge in [-0.05, 0) is 44.6 Å². The van der Waals surface area contributed by atoms with Crippen LogP contribution in [0.15, 0.2) is 28.8 Å². The lowest BCUT2D eigenvalue weighted by molar-refractivity contribution is -0.140. The molecule has 1 aromatic carbocycles. The Morgan fingerprint density at radius 2 is 1.97 bits per heavy atom. The summed E-state index contributed by atoms with van der Waals surface area (Å²) >= 11 is 6.24. The van der Waals surface area contributed by atoms with Crippen molar-refractivity contribution in [3.05, 3.63) is 40.6 Å². The highest BCUT2D eigenvalue weighted by molar-refractivity contribution is 6.33. The fraction of sp³-hybridized carbons (Fsp3) is 0.500. The summed E-state index contributed by atoms with van der Waals surface area (Å²) in [5, 5.41) is 4.44. The van der Waals surface area contributed by atoms with Gasteiger partial charge < -0.3 is 14.2 Å². The number of hydrogen-bond acceptors (Lipinski definition) is 5. The number of likely N-dealkylation sites (tertiary alicyclic amines) is 1. The van der Waals surface area contributed by atoms with Crippen LogP contribution in [0.25, 0.3) is 11.3 Å². The average molecular weight is 417 g/mol. The fourth-order valence-electron chi connectivity index (χ4n) is 4.67. The topological polar surface area (TPSA) is 72.6 Å². The molecule has 1 saturated carbocycles. The molecule has 1 amide bonds. The lowest BCUT2D eigenvalue weighted by Crippen LogP contribution is -2.50. The molecule has 0 N–H and O–H groups in total. The third kappa shape index (κ3) is 4.04. The van der Waals surface area contributed by atoms with E-state index in [1.807, 2.05) is 4.90 Å². The molecule has 4 rings (SSSR count). The molecule has 154 valence electrons. The summed E-state index contributed by atoms with van der Waals surface area (Å²) in [4.78, 5) is 27.5. The molecular weight excluding hydrogens is 392 g/mol. The zero-order valence-electron chi connectivity index (χ0n) is 16.5. The van der Waals surface area contributed by atoms with Crippen molar-refractivity contribution in [3.63, 3.8) is 0 Å². The number of ether oxygens (including phenoxy) is 1. The van der Waals surface area contributed by atoms with Gasteiger partial charge in [0.2, 0.25) is 0 Å². The van der Waals surface area contributed by atoms with Gasteiger partial charge in [-0.3, -0.25) is 4.79 Å². The van der Waals surface area contributed by atoms with E-state index in [9.17, 15) is 9.59 Å². The Morgan fingerprint density at radius 3 is 2.79 bits per heavy atom. The summed E-state index contributed by atoms with van der Waals surface area (Å²) < 4.78 is 10.6. The first-order valence-electron chi connectivity index (χ1n) is 10.2. The van der Waals surface area contributed by atoms with Crippen molar-refractivity contribution in [3.8, 4) is 11.3 Å². The molecule has 29 heavy (non-hydrogen) atoms. The summed E-state index contributed by atoms with van der Waals surface area (Å²) in [6, 6.07) is 7.38. The number of carbonyl (C=O) groups excluding carboxylic acids is 2. The van der Waals surface area contributed by atoms with E-state index in [0.717, 1.165) is 25.8 Å². The molecule has 2 heterocycles. The maximum atomic E-state index is 12.8. The van der Waals surface area contributed by atoms with E-state index in [4.69, 9.17) is 20.9 Å². The van der Waals surface area contributed by atoms with Crippen LogP contribution in [0.2, 0.25) is 5.02 Å². The number of piperidine rings is 1. The van der Waals surface area contributed by atoms with Crippen LogP contribution in [-0.2, 0) is 9.53 Å². The van der Waals surface area contributed by atoms with E-state index >= 15 is 0 Å². The van der Waals surface area contributed by atoms with Crippen LogP contribution in [0.3, 0.4) is 0 Å². The third-order valence-corrected chi connectivity index (χ3v) is 6.42. The standard InChI is InChI=1S/C22H25ClN2O4/c1-14-20(21(24-29-14)16-9-3-4-10-17(16)23)22(27)28-13-19(26)25-12-6-8-15-7-2-5-11-18(15)25/h3-4,9-10,15,18H,2,5-8,11-13H2,1H3/t15-,18-/m0/s1. The average Bonchev–Trinajstić information content (AvgIpc) is 3.13. The Labute approximate surface area is 175 Å². The van der Waals surface area contributed by atoms with Gasteiger partial charge in [-0.2, -0.15) is 0 Å². The number of nitrogens with zero attached hydrogens (tertiary/aromatic N) is 2. The Morgan fingerprint density at radius 1 is 1.21 bits per heavy atom. The van der Waals surface area contributed by atoms with Crippen molar-refractivity contribution in [1.29, 1.82) is 0 Å². The number of fused-ring (bicyclic) bond motifs is 1. The first kappa shape index (κ1) is 20.0. The fourth-order valence-corrected chi connectivity index (χ4v) is 4.89. The number of hydrogen-bond donors (Lipinski definition) is 0. The van der Waals surface area contributed by atoms with Gasteiger partial charge in [0.1, 0.15) is 17.0 Å². The molecule has 2 aromatic rings. The molecule has 2 atom stereocenters. The van der Waals surface area contributed by atoms with Crippen molar-refractivity contribution in [2.45, 2.75) is 51.5 Å². The van der Waals surface area contributed by atoms with Crippen molar-refractivity contribution >= 4 is 23.5 Å². The van der Waals surface area contributed by atoms with Crippen LogP contribution < -0.4 is 0 Å². The van der Waals surface area contributed by atoms with Crippen LogP contribution >= 0.6 is 11.6 Å². The second kappa shape index (κ2) is 8.57. The predicted octanol–water partition coefficient (Wildman–Crippen LogP) is 4.64. The van der Waals surface area contributed by atoms with Crippen LogP contribution in [-0.4, -0.2) is 41.1 Å². The lowest BCUT2D eigenvalue weighted by atomic mass is 9.78. The molecule has 7 heteroatoms. The van der Waals surface area contributed by atoms with E-state index in [2.05, 4.69) is 5.16 Å². The molecule has 1 aliphatic carbocycles. The number of rotatable bonds is 4. The van der Waals surface area contributed by atoms with Crippen LogP contribution in [0.4, 0.5) is 0 Å². The molecule has 1 aromatic heterocycles. The zero-order valence-corrected chi connectivity index (χ0v) is 17.3. The normalized spacial score (nSPS) is 21.5. The molecule has 0 unspecified atom stereocenters. The third-order valence-electron chi connectivity index (χ3n) is 6.09. The van der Waals surface area contributed by atoms with Gasteiger partial charge in [-0.15, -0.1) is 0 Å². The molecule has 0 bridgehead atoms. The number of benzene rings is 1. The Kier molecular flexibility index (Phi) is 5.90. The molecule has 2 aliphatic rings. The summed E-state index contributed by atoms with van der Waals surface area (Å²) in [6.07, 6.45) is 6.85. The van der Waals surface area contributed by atoms with Crippen LogP contribution in [0.1, 0.15) is 54.6 Å². The monoisotopic (exact) mass is 416 g/mol. The minimum Gasteiger partial charge on any atom is -0.452 e. The largest absolute Gasteiger partial charge is 0.452 e. The zero-order chi connectivity index (χ0) is 20.4. The minimum atomic E-state index is -0.621. The van der Waals surface area contributed by atoms with E-state index in [-0.39, 0.29) is 18.1 Å². The Balaban J connectivity index is 1.46. The number of aromatic nitrogens is 1. The summed E-state index contributed by atoms with van der Waals surface area (Å²) in [6.45, 7) is 2.12. The smallest absolute Gasteiger partial charge is 0.344 e. The van der Waals surface area contributed by atoms with Gasteiger partial charge in [0.25, 0.3) is 5.91 Å².